The molecule has 3 aromatic carbocycles. The topological polar surface area (TPSA) is 93.1 Å². The Morgan fingerprint density at radius 2 is 1.28 bits per heavy atom. The van der Waals surface area contributed by atoms with E-state index in [1.807, 2.05) is 91.9 Å². The van der Waals surface area contributed by atoms with Gasteiger partial charge in [-0.05, 0) is 73.3 Å². The van der Waals surface area contributed by atoms with Crippen LogP contribution in [0.25, 0.3) is 0 Å². The Morgan fingerprint density at radius 3 is 1.81 bits per heavy atom. The number of ether oxygens (including phenoxy) is 2. The molecule has 0 aliphatic heterocycles. The van der Waals surface area contributed by atoms with Crippen LogP contribution in [-0.2, 0) is 24.7 Å². The Balaban J connectivity index is 1.57. The summed E-state index contributed by atoms with van der Waals surface area (Å²) in [5.74, 6) is -1.58. The first kappa shape index (κ1) is 42.1. The Bertz CT molecular complexity index is 1660. The van der Waals surface area contributed by atoms with Gasteiger partial charge in [-0.3, -0.25) is 4.79 Å². The molecule has 0 heterocycles. The maximum absolute atomic E-state index is 11.8. The first-order valence-electron chi connectivity index (χ1n) is 18.1. The molecule has 0 aliphatic rings. The van der Waals surface area contributed by atoms with E-state index in [0.29, 0.717) is 12.0 Å². The summed E-state index contributed by atoms with van der Waals surface area (Å²) in [5.41, 5.74) is 4.04. The SMILES string of the molecule is COC(C/C=C\C=C\CC/C=C/CC(C)/C=C/C(=C/COC(c1ccccc1)(c1ccccc1)c1ccccc1)CC(=O)O)/C(C)=C\C=C(/C)C(=O)O. The second-order valence-corrected chi connectivity index (χ2v) is 12.9. The van der Waals surface area contributed by atoms with Gasteiger partial charge in [0.1, 0.15) is 5.60 Å². The van der Waals surface area contributed by atoms with Gasteiger partial charge in [0.05, 0.1) is 19.1 Å². The third-order valence-electron chi connectivity index (χ3n) is 8.81. The van der Waals surface area contributed by atoms with E-state index in [1.54, 1.807) is 26.2 Å². The van der Waals surface area contributed by atoms with Crippen LogP contribution < -0.4 is 0 Å². The van der Waals surface area contributed by atoms with Crippen LogP contribution in [0.4, 0.5) is 0 Å². The lowest BCUT2D eigenvalue weighted by Gasteiger charge is -2.35. The molecule has 0 aliphatic carbocycles. The zero-order valence-corrected chi connectivity index (χ0v) is 31.4. The highest BCUT2D eigenvalue weighted by atomic mass is 16.5. The predicted octanol–water partition coefficient (Wildman–Crippen LogP) is 10.8. The van der Waals surface area contributed by atoms with Gasteiger partial charge in [-0.2, -0.15) is 0 Å². The summed E-state index contributed by atoms with van der Waals surface area (Å²) in [7, 11) is 1.65. The van der Waals surface area contributed by atoms with Crippen molar-refractivity contribution in [3.8, 4) is 0 Å². The molecule has 3 aromatic rings. The number of unbranched alkanes of at least 4 members (excludes halogenated alkanes) is 1. The van der Waals surface area contributed by atoms with Crippen LogP contribution in [-0.4, -0.2) is 42.0 Å². The summed E-state index contributed by atoms with van der Waals surface area (Å²) < 4.78 is 12.4. The first-order valence-corrected chi connectivity index (χ1v) is 18.1. The molecule has 53 heavy (non-hydrogen) atoms. The summed E-state index contributed by atoms with van der Waals surface area (Å²) in [6.07, 6.45) is 25.0. The van der Waals surface area contributed by atoms with E-state index in [0.717, 1.165) is 41.5 Å². The zero-order valence-electron chi connectivity index (χ0n) is 31.4. The number of benzene rings is 3. The fourth-order valence-electron chi connectivity index (χ4n) is 5.76. The highest BCUT2D eigenvalue weighted by Gasteiger charge is 2.37. The summed E-state index contributed by atoms with van der Waals surface area (Å²) in [4.78, 5) is 22.8. The smallest absolute Gasteiger partial charge is 0.331 e. The number of hydrogen-bond donors (Lipinski definition) is 2. The lowest BCUT2D eigenvalue weighted by Crippen LogP contribution is -2.33. The van der Waals surface area contributed by atoms with Gasteiger partial charge in [-0.25, -0.2) is 4.79 Å². The van der Waals surface area contributed by atoms with Crippen molar-refractivity contribution in [3.63, 3.8) is 0 Å². The molecule has 0 spiro atoms. The quantitative estimate of drug-likeness (QED) is 0.0354. The largest absolute Gasteiger partial charge is 0.481 e. The van der Waals surface area contributed by atoms with Crippen LogP contribution in [0.15, 0.2) is 175 Å². The molecule has 0 aromatic heterocycles. The van der Waals surface area contributed by atoms with Gasteiger partial charge in [0.2, 0.25) is 0 Å². The normalized spacial score (nSPS) is 14.5. The number of hydrogen-bond acceptors (Lipinski definition) is 4. The van der Waals surface area contributed by atoms with E-state index < -0.39 is 17.5 Å². The van der Waals surface area contributed by atoms with Crippen molar-refractivity contribution in [2.24, 2.45) is 5.92 Å². The van der Waals surface area contributed by atoms with Gasteiger partial charge in [-0.15, -0.1) is 0 Å². The molecule has 0 amide bonds. The number of aliphatic carboxylic acids is 2. The second kappa shape index (κ2) is 23.3. The summed E-state index contributed by atoms with van der Waals surface area (Å²) in [6.45, 7) is 5.85. The summed E-state index contributed by atoms with van der Waals surface area (Å²) in [6, 6.07) is 30.4. The Labute approximate surface area is 315 Å². The molecular formula is C47H54O6. The van der Waals surface area contributed by atoms with Crippen molar-refractivity contribution < 1.29 is 29.3 Å². The zero-order chi connectivity index (χ0) is 38.3. The molecule has 0 radical (unpaired) electrons. The maximum Gasteiger partial charge on any atom is 0.331 e. The fourth-order valence-corrected chi connectivity index (χ4v) is 5.76. The molecule has 278 valence electrons. The molecular weight excluding hydrogens is 661 g/mol. The number of rotatable bonds is 22. The van der Waals surface area contributed by atoms with Gasteiger partial charge >= 0.3 is 11.9 Å². The van der Waals surface area contributed by atoms with Gasteiger partial charge < -0.3 is 19.7 Å². The maximum atomic E-state index is 11.8. The second-order valence-electron chi connectivity index (χ2n) is 12.9. The van der Waals surface area contributed by atoms with Crippen molar-refractivity contribution in [1.82, 2.24) is 0 Å². The average Bonchev–Trinajstić information content (AvgIpc) is 3.17. The molecule has 2 atom stereocenters. The monoisotopic (exact) mass is 714 g/mol. The van der Waals surface area contributed by atoms with E-state index in [4.69, 9.17) is 14.6 Å². The molecule has 0 saturated carbocycles. The van der Waals surface area contributed by atoms with Crippen LogP contribution in [0.3, 0.4) is 0 Å². The van der Waals surface area contributed by atoms with Gasteiger partial charge in [-0.1, -0.05) is 165 Å². The van der Waals surface area contributed by atoms with Crippen molar-refractivity contribution >= 4 is 11.9 Å². The van der Waals surface area contributed by atoms with Gasteiger partial charge in [0, 0.05) is 12.7 Å². The van der Waals surface area contributed by atoms with Crippen LogP contribution in [0.5, 0.6) is 0 Å². The standard InChI is InChI=1S/C47H54O6/c1-37(22-14-9-7-5-6-8-10-21-29-44(52-4)38(2)31-32-39(3)46(50)51)30-33-40(36-45(48)49)34-35-53-47(41-23-15-11-16-24-41,42-25-17-12-18-26-42)43-27-19-13-20-28-43/h6,8-21,23-28,30-34,37,44H,5,7,22,29,35-36H2,1-4H3,(H,48,49)(H,50,51)/b8-6+,14-9+,21-10-,33-30+,38-31-,39-32+,40-34-. The van der Waals surface area contributed by atoms with Crippen molar-refractivity contribution in [1.29, 1.82) is 0 Å². The van der Waals surface area contributed by atoms with Crippen LogP contribution in [0, 0.1) is 5.92 Å². The minimum absolute atomic E-state index is 0.0928. The van der Waals surface area contributed by atoms with Crippen molar-refractivity contribution in [2.45, 2.75) is 64.6 Å². The van der Waals surface area contributed by atoms with Crippen molar-refractivity contribution in [2.75, 3.05) is 13.7 Å². The minimum Gasteiger partial charge on any atom is -0.481 e. The van der Waals surface area contributed by atoms with E-state index in [9.17, 15) is 14.7 Å². The molecule has 6 nitrogen and oxygen atoms in total. The van der Waals surface area contributed by atoms with E-state index >= 15 is 0 Å². The third-order valence-corrected chi connectivity index (χ3v) is 8.81. The Morgan fingerprint density at radius 1 is 0.736 bits per heavy atom. The third kappa shape index (κ3) is 14.3. The Kier molecular flexibility index (Phi) is 18.5. The van der Waals surface area contributed by atoms with Gasteiger partial charge in [0.15, 0.2) is 0 Å². The van der Waals surface area contributed by atoms with Crippen LogP contribution in [0.1, 0.15) is 69.6 Å². The molecule has 3 rings (SSSR count). The number of methoxy groups -OCH3 is 1. The molecule has 2 N–H and O–H groups in total. The molecule has 0 saturated heterocycles. The first-order chi connectivity index (χ1) is 25.7. The van der Waals surface area contributed by atoms with E-state index in [-0.39, 0.29) is 30.6 Å². The Hall–Kier alpha value is -5.30. The number of carboxylic acids is 2. The molecule has 2 unspecified atom stereocenters. The highest BCUT2D eigenvalue weighted by Crippen LogP contribution is 2.40. The highest BCUT2D eigenvalue weighted by molar-refractivity contribution is 5.86. The molecule has 0 fully saturated rings. The molecule has 6 heteroatoms. The lowest BCUT2D eigenvalue weighted by atomic mass is 9.80. The fraction of sp³-hybridized carbons (Fsp3) is 0.277. The lowest BCUT2D eigenvalue weighted by molar-refractivity contribution is -0.136. The summed E-state index contributed by atoms with van der Waals surface area (Å²) in [5, 5.41) is 18.7. The van der Waals surface area contributed by atoms with Crippen LogP contribution >= 0.6 is 0 Å². The summed E-state index contributed by atoms with van der Waals surface area (Å²) >= 11 is 0. The number of carboxylic acid groups (broad SMARTS) is 2. The number of allylic oxidation sites excluding steroid dienone is 9. The van der Waals surface area contributed by atoms with E-state index in [1.165, 1.54) is 0 Å². The van der Waals surface area contributed by atoms with Crippen LogP contribution in [0.2, 0.25) is 0 Å². The van der Waals surface area contributed by atoms with E-state index in [2.05, 4.69) is 67.6 Å². The minimum atomic E-state index is -0.930. The van der Waals surface area contributed by atoms with Crippen molar-refractivity contribution in [3.05, 3.63) is 191 Å². The van der Waals surface area contributed by atoms with Gasteiger partial charge in [0.25, 0.3) is 0 Å². The predicted molar refractivity (Wildman–Crippen MR) is 216 cm³/mol. The number of carbonyl (C=O) groups is 2. The average molecular weight is 715 g/mol. The molecule has 0 bridgehead atoms.